The van der Waals surface area contributed by atoms with Crippen LogP contribution in [0.1, 0.15) is 24.1 Å². The Balaban J connectivity index is 2.31. The molecule has 0 saturated heterocycles. The molecule has 0 radical (unpaired) electrons. The summed E-state index contributed by atoms with van der Waals surface area (Å²) in [4.78, 5) is 4.58. The van der Waals surface area contributed by atoms with Crippen molar-refractivity contribution in [1.82, 2.24) is 18.9 Å². The maximum atomic E-state index is 6.12. The predicted molar refractivity (Wildman–Crippen MR) is 84.9 cm³/mol. The fourth-order valence-electron chi connectivity index (χ4n) is 2.54. The molecule has 3 heterocycles. The highest BCUT2D eigenvalue weighted by Gasteiger charge is 2.17. The number of pyridine rings is 1. The van der Waals surface area contributed by atoms with E-state index in [1.54, 1.807) is 0 Å². The molecular formula is C13H15ClN4S2. The minimum Gasteiger partial charge on any atom is -0.258 e. The van der Waals surface area contributed by atoms with Crippen LogP contribution in [0.15, 0.2) is 6.07 Å². The van der Waals surface area contributed by atoms with Crippen molar-refractivity contribution in [2.75, 3.05) is 0 Å². The SMILES string of the molecule is Cc1cc(Cl)c(C)nc1-n1c(=S)n2n(c1=S)CCCC2. The van der Waals surface area contributed by atoms with E-state index in [9.17, 15) is 0 Å². The van der Waals surface area contributed by atoms with Gasteiger partial charge in [-0.3, -0.25) is 9.36 Å². The van der Waals surface area contributed by atoms with Crippen molar-refractivity contribution < 1.29 is 0 Å². The Hall–Kier alpha value is -0.980. The molecule has 106 valence electrons. The summed E-state index contributed by atoms with van der Waals surface area (Å²) in [5.74, 6) is 0.788. The molecule has 0 spiro atoms. The standard InChI is InChI=1S/C13H15ClN4S2/c1-8-7-10(14)9(2)15-11(8)18-12(19)16-5-3-4-6-17(16)13(18)20/h7H,3-6H2,1-2H3. The van der Waals surface area contributed by atoms with E-state index in [2.05, 4.69) is 14.3 Å². The van der Waals surface area contributed by atoms with Crippen LogP contribution in [0.4, 0.5) is 0 Å². The Morgan fingerprint density at radius 3 is 2.20 bits per heavy atom. The fourth-order valence-corrected chi connectivity index (χ4v) is 3.53. The Labute approximate surface area is 132 Å². The molecular weight excluding hydrogens is 312 g/mol. The van der Waals surface area contributed by atoms with Crippen molar-refractivity contribution in [3.63, 3.8) is 0 Å². The summed E-state index contributed by atoms with van der Waals surface area (Å²) < 4.78 is 7.46. The van der Waals surface area contributed by atoms with E-state index in [1.807, 2.05) is 24.5 Å². The van der Waals surface area contributed by atoms with Crippen LogP contribution in [0.3, 0.4) is 0 Å². The molecule has 0 fully saturated rings. The highest BCUT2D eigenvalue weighted by molar-refractivity contribution is 7.72. The molecule has 20 heavy (non-hydrogen) atoms. The Kier molecular flexibility index (Phi) is 3.56. The Bertz CT molecular complexity index is 762. The van der Waals surface area contributed by atoms with E-state index in [4.69, 9.17) is 36.0 Å². The van der Waals surface area contributed by atoms with Gasteiger partial charge in [0.1, 0.15) is 5.82 Å². The van der Waals surface area contributed by atoms with Crippen molar-refractivity contribution in [1.29, 1.82) is 0 Å². The van der Waals surface area contributed by atoms with Gasteiger partial charge in [-0.2, -0.15) is 0 Å². The molecule has 2 aromatic heterocycles. The normalized spacial score (nSPS) is 14.3. The first-order chi connectivity index (χ1) is 9.50. The monoisotopic (exact) mass is 326 g/mol. The molecule has 0 bridgehead atoms. The van der Waals surface area contributed by atoms with Gasteiger partial charge in [0.15, 0.2) is 0 Å². The van der Waals surface area contributed by atoms with Crippen LogP contribution in [0.2, 0.25) is 5.02 Å². The van der Waals surface area contributed by atoms with E-state index in [0.717, 1.165) is 43.0 Å². The minimum atomic E-state index is 0.667. The summed E-state index contributed by atoms with van der Waals surface area (Å²) in [6.07, 6.45) is 2.28. The summed E-state index contributed by atoms with van der Waals surface area (Å²) in [6.45, 7) is 5.70. The van der Waals surface area contributed by atoms with Crippen LogP contribution >= 0.6 is 36.0 Å². The van der Waals surface area contributed by atoms with Crippen molar-refractivity contribution in [3.05, 3.63) is 31.9 Å². The lowest BCUT2D eigenvalue weighted by atomic mass is 10.2. The molecule has 0 aliphatic carbocycles. The van der Waals surface area contributed by atoms with Crippen LogP contribution in [0.25, 0.3) is 5.82 Å². The van der Waals surface area contributed by atoms with Crippen molar-refractivity contribution in [3.8, 4) is 5.82 Å². The molecule has 2 aromatic rings. The molecule has 0 N–H and O–H groups in total. The summed E-state index contributed by atoms with van der Waals surface area (Å²) in [5.41, 5.74) is 1.77. The van der Waals surface area contributed by atoms with Crippen LogP contribution in [-0.4, -0.2) is 18.9 Å². The average molecular weight is 327 g/mol. The maximum absolute atomic E-state index is 6.12. The van der Waals surface area contributed by atoms with Gasteiger partial charge >= 0.3 is 0 Å². The number of fused-ring (bicyclic) bond motifs is 1. The lowest BCUT2D eigenvalue weighted by Crippen LogP contribution is -2.18. The first-order valence-corrected chi connectivity index (χ1v) is 7.77. The summed E-state index contributed by atoms with van der Waals surface area (Å²) in [7, 11) is 0. The molecule has 0 unspecified atom stereocenters. The lowest BCUT2D eigenvalue weighted by Gasteiger charge is -2.15. The molecule has 0 amide bonds. The Morgan fingerprint density at radius 1 is 1.10 bits per heavy atom. The second kappa shape index (κ2) is 5.09. The molecule has 0 saturated carbocycles. The zero-order chi connectivity index (χ0) is 14.4. The molecule has 1 aliphatic heterocycles. The fraction of sp³-hybridized carbons (Fsp3) is 0.462. The van der Waals surface area contributed by atoms with E-state index >= 15 is 0 Å². The van der Waals surface area contributed by atoms with Gasteiger partial charge in [0, 0.05) is 13.1 Å². The summed E-state index contributed by atoms with van der Waals surface area (Å²) >= 11 is 17.3. The highest BCUT2D eigenvalue weighted by atomic mass is 35.5. The van der Waals surface area contributed by atoms with Crippen molar-refractivity contribution >= 4 is 36.0 Å². The van der Waals surface area contributed by atoms with E-state index in [1.165, 1.54) is 0 Å². The van der Waals surface area contributed by atoms with Gasteiger partial charge in [-0.05, 0) is 62.8 Å². The van der Waals surface area contributed by atoms with Gasteiger partial charge in [-0.15, -0.1) is 0 Å². The molecule has 4 nitrogen and oxygen atoms in total. The number of hydrogen-bond acceptors (Lipinski definition) is 3. The first-order valence-electron chi connectivity index (χ1n) is 6.57. The zero-order valence-electron chi connectivity index (χ0n) is 11.4. The van der Waals surface area contributed by atoms with Gasteiger partial charge < -0.3 is 0 Å². The number of rotatable bonds is 1. The van der Waals surface area contributed by atoms with Crippen LogP contribution in [-0.2, 0) is 13.1 Å². The van der Waals surface area contributed by atoms with Crippen molar-refractivity contribution in [2.45, 2.75) is 39.8 Å². The van der Waals surface area contributed by atoms with E-state index in [-0.39, 0.29) is 0 Å². The zero-order valence-corrected chi connectivity index (χ0v) is 13.8. The number of hydrogen-bond donors (Lipinski definition) is 0. The number of aryl methyl sites for hydroxylation is 2. The van der Waals surface area contributed by atoms with E-state index in [0.29, 0.717) is 14.6 Å². The Morgan fingerprint density at radius 2 is 1.65 bits per heavy atom. The van der Waals surface area contributed by atoms with E-state index < -0.39 is 0 Å². The molecule has 3 rings (SSSR count). The smallest absolute Gasteiger partial charge is 0.203 e. The van der Waals surface area contributed by atoms with Crippen LogP contribution in [0, 0.1) is 23.4 Å². The molecule has 1 aliphatic rings. The second-order valence-electron chi connectivity index (χ2n) is 5.05. The highest BCUT2D eigenvalue weighted by Crippen LogP contribution is 2.22. The van der Waals surface area contributed by atoms with Crippen molar-refractivity contribution in [2.24, 2.45) is 0 Å². The topological polar surface area (TPSA) is 27.7 Å². The van der Waals surface area contributed by atoms with Gasteiger partial charge in [0.05, 0.1) is 10.7 Å². The lowest BCUT2D eigenvalue weighted by molar-refractivity contribution is 0.357. The number of nitrogens with zero attached hydrogens (tertiary/aromatic N) is 4. The third-order valence-electron chi connectivity index (χ3n) is 3.63. The van der Waals surface area contributed by atoms with Gasteiger partial charge in [-0.1, -0.05) is 11.6 Å². The van der Waals surface area contributed by atoms with Crippen LogP contribution < -0.4 is 0 Å². The molecule has 0 atom stereocenters. The van der Waals surface area contributed by atoms with Gasteiger partial charge in [0.25, 0.3) is 0 Å². The largest absolute Gasteiger partial charge is 0.258 e. The third kappa shape index (κ3) is 2.06. The average Bonchev–Trinajstić information content (AvgIpc) is 2.68. The number of aromatic nitrogens is 4. The molecule has 7 heteroatoms. The second-order valence-corrected chi connectivity index (χ2v) is 6.19. The summed E-state index contributed by atoms with van der Waals surface area (Å²) in [5, 5.41) is 0.667. The van der Waals surface area contributed by atoms with Gasteiger partial charge in [0.2, 0.25) is 9.54 Å². The molecule has 0 aromatic carbocycles. The third-order valence-corrected chi connectivity index (χ3v) is 4.80. The first kappa shape index (κ1) is 14.0. The maximum Gasteiger partial charge on any atom is 0.203 e. The quantitative estimate of drug-likeness (QED) is 0.741. The van der Waals surface area contributed by atoms with Crippen LogP contribution in [0.5, 0.6) is 0 Å². The summed E-state index contributed by atoms with van der Waals surface area (Å²) in [6, 6.07) is 1.91. The predicted octanol–water partition coefficient (Wildman–Crippen LogP) is 4.00. The minimum absolute atomic E-state index is 0.667. The number of halogens is 1. The van der Waals surface area contributed by atoms with Gasteiger partial charge in [-0.25, -0.2) is 9.55 Å².